The summed E-state index contributed by atoms with van der Waals surface area (Å²) in [5.41, 5.74) is 1.07. The van der Waals surface area contributed by atoms with Crippen LogP contribution in [0.2, 0.25) is 0 Å². The molecule has 0 spiro atoms. The predicted octanol–water partition coefficient (Wildman–Crippen LogP) is 5.10. The lowest BCUT2D eigenvalue weighted by Gasteiger charge is -2.31. The number of aromatic nitrogens is 3. The number of unbranched alkanes of at least 4 members (excludes halogenated alkanes) is 1. The van der Waals surface area contributed by atoms with Crippen LogP contribution in [0.1, 0.15) is 51.5 Å². The molecule has 1 aromatic heterocycles. The number of thioether (sulfide) groups is 1. The van der Waals surface area contributed by atoms with Crippen molar-refractivity contribution in [2.24, 2.45) is 5.92 Å². The number of benzene rings is 1. The molecule has 1 saturated carbocycles. The summed E-state index contributed by atoms with van der Waals surface area (Å²) in [6, 6.07) is 10.7. The maximum absolute atomic E-state index is 8.75. The summed E-state index contributed by atoms with van der Waals surface area (Å²) in [6.45, 7) is 2.34. The molecule has 1 aromatic carbocycles. The van der Waals surface area contributed by atoms with Crippen molar-refractivity contribution >= 4 is 11.8 Å². The zero-order valence-electron chi connectivity index (χ0n) is 15.5. The van der Waals surface area contributed by atoms with Gasteiger partial charge in [0.05, 0.1) is 13.2 Å². The minimum absolute atomic E-state index is 0.439. The Morgan fingerprint density at radius 2 is 2.00 bits per heavy atom. The van der Waals surface area contributed by atoms with Gasteiger partial charge in [0.25, 0.3) is 0 Å². The van der Waals surface area contributed by atoms with E-state index in [1.807, 2.05) is 12.1 Å². The number of hydrogen-bond donors (Lipinski definition) is 0. The van der Waals surface area contributed by atoms with Crippen LogP contribution in [0.3, 0.4) is 0 Å². The number of hydrogen-bond acceptors (Lipinski definition) is 5. The van der Waals surface area contributed by atoms with Gasteiger partial charge in [0.2, 0.25) is 0 Å². The van der Waals surface area contributed by atoms with Crippen LogP contribution in [0, 0.1) is 17.2 Å². The van der Waals surface area contributed by atoms with Crippen molar-refractivity contribution in [1.82, 2.24) is 14.8 Å². The van der Waals surface area contributed by atoms with Crippen molar-refractivity contribution in [1.29, 1.82) is 5.26 Å². The first-order chi connectivity index (χ1) is 12.7. The van der Waals surface area contributed by atoms with Crippen molar-refractivity contribution in [3.8, 4) is 23.2 Å². The van der Waals surface area contributed by atoms with E-state index in [-0.39, 0.29) is 0 Å². The molecule has 6 heteroatoms. The summed E-state index contributed by atoms with van der Waals surface area (Å²) < 4.78 is 7.63. The van der Waals surface area contributed by atoms with E-state index in [1.165, 1.54) is 25.7 Å². The second-order valence-electron chi connectivity index (χ2n) is 6.84. The highest BCUT2D eigenvalue weighted by atomic mass is 32.2. The van der Waals surface area contributed by atoms with Crippen LogP contribution in [0.15, 0.2) is 29.4 Å². The summed E-state index contributed by atoms with van der Waals surface area (Å²) in [5, 5.41) is 18.8. The fourth-order valence-corrected chi connectivity index (χ4v) is 4.54. The highest BCUT2D eigenvalue weighted by molar-refractivity contribution is 7.99. The third-order valence-corrected chi connectivity index (χ3v) is 6.10. The van der Waals surface area contributed by atoms with Crippen LogP contribution in [0.4, 0.5) is 0 Å². The largest absolute Gasteiger partial charge is 0.497 e. The van der Waals surface area contributed by atoms with Gasteiger partial charge in [-0.3, -0.25) is 4.57 Å². The summed E-state index contributed by atoms with van der Waals surface area (Å²) >= 11 is 1.72. The van der Waals surface area contributed by atoms with Gasteiger partial charge in [-0.25, -0.2) is 0 Å². The lowest BCUT2D eigenvalue weighted by Crippen LogP contribution is -2.22. The van der Waals surface area contributed by atoms with E-state index in [1.54, 1.807) is 18.9 Å². The van der Waals surface area contributed by atoms with Gasteiger partial charge < -0.3 is 4.74 Å². The summed E-state index contributed by atoms with van der Waals surface area (Å²) in [6.07, 6.45) is 6.46. The molecule has 5 nitrogen and oxygen atoms in total. The normalized spacial score (nSPS) is 19.9. The molecule has 0 saturated heterocycles. The van der Waals surface area contributed by atoms with Gasteiger partial charge in [0.1, 0.15) is 5.75 Å². The van der Waals surface area contributed by atoms with Gasteiger partial charge in [0, 0.05) is 23.8 Å². The van der Waals surface area contributed by atoms with E-state index < -0.39 is 0 Å². The second-order valence-corrected chi connectivity index (χ2v) is 7.91. The summed E-state index contributed by atoms with van der Waals surface area (Å²) in [7, 11) is 1.68. The highest BCUT2D eigenvalue weighted by Crippen LogP contribution is 2.39. The van der Waals surface area contributed by atoms with E-state index in [4.69, 9.17) is 10.00 Å². The Morgan fingerprint density at radius 3 is 2.69 bits per heavy atom. The number of nitriles is 1. The van der Waals surface area contributed by atoms with Crippen LogP contribution in [-0.2, 0) is 0 Å². The summed E-state index contributed by atoms with van der Waals surface area (Å²) in [5.74, 6) is 3.30. The fourth-order valence-electron chi connectivity index (χ4n) is 3.61. The standard InChI is InChI=1S/C20H26N4OS/c1-15-7-3-4-8-18(15)24-19(16-9-11-17(25-2)12-10-16)22-23-20(24)26-14-6-5-13-21/h9-12,15,18H,3-8,14H2,1-2H3/t15-,18+/m1/s1. The molecule has 0 aliphatic heterocycles. The molecule has 1 aliphatic carbocycles. The number of ether oxygens (including phenoxy) is 1. The number of rotatable bonds is 7. The average Bonchev–Trinajstić information content (AvgIpc) is 3.09. The van der Waals surface area contributed by atoms with Crippen molar-refractivity contribution < 1.29 is 4.74 Å². The van der Waals surface area contributed by atoms with Gasteiger partial charge in [-0.15, -0.1) is 10.2 Å². The van der Waals surface area contributed by atoms with Crippen LogP contribution in [-0.4, -0.2) is 27.6 Å². The SMILES string of the molecule is COc1ccc(-c2nnc(SCCCC#N)n2[C@H]2CCCC[C@H]2C)cc1. The van der Waals surface area contributed by atoms with Crippen molar-refractivity contribution in [3.63, 3.8) is 0 Å². The van der Waals surface area contributed by atoms with Crippen LogP contribution >= 0.6 is 11.8 Å². The Morgan fingerprint density at radius 1 is 1.23 bits per heavy atom. The van der Waals surface area contributed by atoms with Crippen LogP contribution in [0.5, 0.6) is 5.75 Å². The monoisotopic (exact) mass is 370 g/mol. The quantitative estimate of drug-likeness (QED) is 0.501. The molecule has 1 fully saturated rings. The molecule has 0 unspecified atom stereocenters. The van der Waals surface area contributed by atoms with Gasteiger partial charge in [0.15, 0.2) is 11.0 Å². The van der Waals surface area contributed by atoms with Crippen LogP contribution < -0.4 is 4.74 Å². The Balaban J connectivity index is 1.92. The third-order valence-electron chi connectivity index (χ3n) is 5.07. The molecule has 1 heterocycles. The lowest BCUT2D eigenvalue weighted by molar-refractivity contribution is 0.247. The van der Waals surface area contributed by atoms with E-state index in [0.29, 0.717) is 18.4 Å². The van der Waals surface area contributed by atoms with Crippen LogP contribution in [0.25, 0.3) is 11.4 Å². The lowest BCUT2D eigenvalue weighted by atomic mass is 9.85. The first-order valence-electron chi connectivity index (χ1n) is 9.33. The van der Waals surface area contributed by atoms with Crippen molar-refractivity contribution in [2.75, 3.05) is 12.9 Å². The molecule has 2 aromatic rings. The Hall–Kier alpha value is -2.00. The molecule has 2 atom stereocenters. The maximum atomic E-state index is 8.75. The third kappa shape index (κ3) is 4.21. The van der Waals surface area contributed by atoms with Gasteiger partial charge in [-0.1, -0.05) is 31.5 Å². The fraction of sp³-hybridized carbons (Fsp3) is 0.550. The van der Waals surface area contributed by atoms with Gasteiger partial charge in [-0.05, 0) is 49.4 Å². The number of methoxy groups -OCH3 is 1. The smallest absolute Gasteiger partial charge is 0.191 e. The molecular formula is C20H26N4OS. The molecule has 0 bridgehead atoms. The Bertz CT molecular complexity index is 750. The minimum atomic E-state index is 0.439. The summed E-state index contributed by atoms with van der Waals surface area (Å²) in [4.78, 5) is 0. The Labute approximate surface area is 159 Å². The molecule has 1 aliphatic rings. The zero-order valence-corrected chi connectivity index (χ0v) is 16.3. The number of nitrogens with zero attached hydrogens (tertiary/aromatic N) is 4. The molecule has 0 N–H and O–H groups in total. The molecular weight excluding hydrogens is 344 g/mol. The Kier molecular flexibility index (Phi) is 6.56. The van der Waals surface area contributed by atoms with E-state index in [0.717, 1.165) is 34.5 Å². The first-order valence-corrected chi connectivity index (χ1v) is 10.3. The van der Waals surface area contributed by atoms with E-state index in [9.17, 15) is 0 Å². The van der Waals surface area contributed by atoms with Gasteiger partial charge >= 0.3 is 0 Å². The first kappa shape index (κ1) is 18.8. The molecule has 138 valence electrons. The maximum Gasteiger partial charge on any atom is 0.191 e. The van der Waals surface area contributed by atoms with Crippen molar-refractivity contribution in [3.05, 3.63) is 24.3 Å². The van der Waals surface area contributed by atoms with E-state index >= 15 is 0 Å². The second kappa shape index (κ2) is 9.09. The van der Waals surface area contributed by atoms with Crippen molar-refractivity contribution in [2.45, 2.75) is 56.6 Å². The predicted molar refractivity (Wildman–Crippen MR) is 104 cm³/mol. The topological polar surface area (TPSA) is 63.7 Å². The molecule has 0 amide bonds. The molecule has 3 rings (SSSR count). The molecule has 26 heavy (non-hydrogen) atoms. The zero-order chi connectivity index (χ0) is 18.4. The average molecular weight is 371 g/mol. The van der Waals surface area contributed by atoms with Gasteiger partial charge in [-0.2, -0.15) is 5.26 Å². The highest BCUT2D eigenvalue weighted by Gasteiger charge is 2.28. The van der Waals surface area contributed by atoms with E-state index in [2.05, 4.69) is 39.9 Å². The minimum Gasteiger partial charge on any atom is -0.497 e. The molecule has 0 radical (unpaired) electrons.